The van der Waals surface area contributed by atoms with Gasteiger partial charge in [-0.1, -0.05) is 30.8 Å². The second-order valence-corrected chi connectivity index (χ2v) is 8.82. The minimum Gasteiger partial charge on any atom is -0.329 e. The van der Waals surface area contributed by atoms with E-state index in [0.717, 1.165) is 27.6 Å². The molecule has 2 aromatic carbocycles. The molecule has 1 aromatic heterocycles. The number of piperidine rings is 1. The van der Waals surface area contributed by atoms with Gasteiger partial charge >= 0.3 is 0 Å². The zero-order valence-electron chi connectivity index (χ0n) is 18.3. The molecule has 6 heteroatoms. The summed E-state index contributed by atoms with van der Waals surface area (Å²) in [6, 6.07) is 15.1. The summed E-state index contributed by atoms with van der Waals surface area (Å²) in [6.07, 6.45) is 4.49. The topological polar surface area (TPSA) is 79.4 Å². The lowest BCUT2D eigenvalue weighted by molar-refractivity contribution is -0.126. The molecule has 0 aliphatic carbocycles. The predicted molar refractivity (Wildman–Crippen MR) is 125 cm³/mol. The summed E-state index contributed by atoms with van der Waals surface area (Å²) >= 11 is 0. The lowest BCUT2D eigenvalue weighted by Crippen LogP contribution is -2.49. The van der Waals surface area contributed by atoms with Crippen LogP contribution in [0.4, 0.5) is 0 Å². The fourth-order valence-electron chi connectivity index (χ4n) is 4.70. The van der Waals surface area contributed by atoms with Crippen LogP contribution < -0.4 is 5.32 Å². The standard InChI is InChI=1S/C27H25N3O3/c1-17-4-11-25(26(32)29-17)30-16-21-13-18(6-9-23(21)27(30)33)5-8-22(31)15-19-7-10-24-20(14-19)3-2-12-28-24/h2-3,6-7,9-10,12-14,25H,1,4-5,8,11,15-16H2,(H,29,32). The zero-order chi connectivity index (χ0) is 22.9. The summed E-state index contributed by atoms with van der Waals surface area (Å²) in [6.45, 7) is 4.23. The van der Waals surface area contributed by atoms with Gasteiger partial charge in [-0.3, -0.25) is 19.4 Å². The van der Waals surface area contributed by atoms with E-state index in [1.807, 2.05) is 48.5 Å². The van der Waals surface area contributed by atoms with Crippen LogP contribution in [0.1, 0.15) is 46.3 Å². The van der Waals surface area contributed by atoms with Crippen LogP contribution in [0.5, 0.6) is 0 Å². The fraction of sp³-hybridized carbons (Fsp3) is 0.259. The number of allylic oxidation sites excluding steroid dienone is 1. The van der Waals surface area contributed by atoms with E-state index in [0.29, 0.717) is 49.9 Å². The molecule has 5 rings (SSSR count). The maximum absolute atomic E-state index is 12.9. The maximum atomic E-state index is 12.9. The summed E-state index contributed by atoms with van der Waals surface area (Å²) in [5, 5.41) is 3.79. The van der Waals surface area contributed by atoms with Gasteiger partial charge in [0.1, 0.15) is 11.8 Å². The van der Waals surface area contributed by atoms with Crippen LogP contribution in [0.25, 0.3) is 10.9 Å². The minimum atomic E-state index is -0.461. The van der Waals surface area contributed by atoms with Crippen molar-refractivity contribution < 1.29 is 14.4 Å². The number of amides is 2. The second kappa shape index (κ2) is 8.62. The normalized spacial score (nSPS) is 17.9. The predicted octanol–water partition coefficient (Wildman–Crippen LogP) is 3.73. The van der Waals surface area contributed by atoms with Crippen molar-refractivity contribution in [2.75, 3.05) is 0 Å². The Morgan fingerprint density at radius 1 is 1.12 bits per heavy atom. The first-order valence-corrected chi connectivity index (χ1v) is 11.2. The molecule has 1 unspecified atom stereocenters. The number of hydrogen-bond acceptors (Lipinski definition) is 4. The van der Waals surface area contributed by atoms with Crippen LogP contribution in [0.15, 0.2) is 67.0 Å². The van der Waals surface area contributed by atoms with Crippen molar-refractivity contribution in [1.29, 1.82) is 0 Å². The molecular weight excluding hydrogens is 414 g/mol. The van der Waals surface area contributed by atoms with Crippen LogP contribution in [0.3, 0.4) is 0 Å². The Labute approximate surface area is 192 Å². The van der Waals surface area contributed by atoms with Crippen molar-refractivity contribution in [2.45, 2.75) is 44.7 Å². The number of nitrogens with zero attached hydrogens (tertiary/aromatic N) is 2. The molecule has 2 aliphatic rings. The highest BCUT2D eigenvalue weighted by Gasteiger charge is 2.38. The van der Waals surface area contributed by atoms with E-state index in [1.165, 1.54) is 0 Å². The van der Waals surface area contributed by atoms with Crippen molar-refractivity contribution in [1.82, 2.24) is 15.2 Å². The third kappa shape index (κ3) is 4.29. The summed E-state index contributed by atoms with van der Waals surface area (Å²) < 4.78 is 0. The molecule has 0 saturated carbocycles. The molecule has 2 amide bonds. The van der Waals surface area contributed by atoms with E-state index in [4.69, 9.17) is 0 Å². The van der Waals surface area contributed by atoms with Crippen molar-refractivity contribution in [3.05, 3.63) is 89.3 Å². The molecule has 2 aliphatic heterocycles. The number of aryl methyl sites for hydroxylation is 1. The van der Waals surface area contributed by atoms with Gasteiger partial charge in [0.25, 0.3) is 5.91 Å². The Kier molecular flexibility index (Phi) is 5.50. The smallest absolute Gasteiger partial charge is 0.255 e. The van der Waals surface area contributed by atoms with Crippen LogP contribution >= 0.6 is 0 Å². The number of fused-ring (bicyclic) bond motifs is 2. The van der Waals surface area contributed by atoms with E-state index in [2.05, 4.69) is 16.9 Å². The number of ketones is 1. The molecule has 3 aromatic rings. The van der Waals surface area contributed by atoms with Crippen LogP contribution in [0.2, 0.25) is 0 Å². The highest BCUT2D eigenvalue weighted by atomic mass is 16.2. The van der Waals surface area contributed by atoms with E-state index < -0.39 is 6.04 Å². The molecule has 1 fully saturated rings. The molecule has 33 heavy (non-hydrogen) atoms. The number of benzene rings is 2. The largest absolute Gasteiger partial charge is 0.329 e. The third-order valence-corrected chi connectivity index (χ3v) is 6.46. The van der Waals surface area contributed by atoms with Crippen molar-refractivity contribution >= 4 is 28.5 Å². The number of pyridine rings is 1. The van der Waals surface area contributed by atoms with Crippen LogP contribution in [-0.4, -0.2) is 33.5 Å². The molecular formula is C27H25N3O3. The Morgan fingerprint density at radius 2 is 1.97 bits per heavy atom. The first-order chi connectivity index (χ1) is 16.0. The summed E-state index contributed by atoms with van der Waals surface area (Å²) in [5.41, 5.74) is 5.21. The average Bonchev–Trinajstić information content (AvgIpc) is 3.13. The van der Waals surface area contributed by atoms with E-state index in [9.17, 15) is 14.4 Å². The quantitative estimate of drug-likeness (QED) is 0.635. The van der Waals surface area contributed by atoms with Gasteiger partial charge in [0.2, 0.25) is 5.91 Å². The van der Waals surface area contributed by atoms with Crippen molar-refractivity contribution in [2.24, 2.45) is 0 Å². The Morgan fingerprint density at radius 3 is 2.82 bits per heavy atom. The third-order valence-electron chi connectivity index (χ3n) is 6.46. The Bertz CT molecular complexity index is 1300. The summed E-state index contributed by atoms with van der Waals surface area (Å²) in [5.74, 6) is -0.0932. The molecule has 0 spiro atoms. The monoisotopic (exact) mass is 439 g/mol. The fourth-order valence-corrected chi connectivity index (χ4v) is 4.70. The maximum Gasteiger partial charge on any atom is 0.255 e. The number of aromatic nitrogens is 1. The highest BCUT2D eigenvalue weighted by molar-refractivity contribution is 6.01. The average molecular weight is 440 g/mol. The lowest BCUT2D eigenvalue weighted by Gasteiger charge is -2.30. The van der Waals surface area contributed by atoms with Gasteiger partial charge in [-0.2, -0.15) is 0 Å². The highest BCUT2D eigenvalue weighted by Crippen LogP contribution is 2.29. The Hall–Kier alpha value is -3.80. The van der Waals surface area contributed by atoms with Crippen LogP contribution in [-0.2, 0) is 29.0 Å². The van der Waals surface area contributed by atoms with E-state index in [-0.39, 0.29) is 17.6 Å². The molecule has 6 nitrogen and oxygen atoms in total. The van der Waals surface area contributed by atoms with Crippen LogP contribution in [0, 0.1) is 0 Å². The first kappa shape index (κ1) is 21.1. The van der Waals surface area contributed by atoms with Gasteiger partial charge in [-0.15, -0.1) is 0 Å². The number of rotatable bonds is 6. The van der Waals surface area contributed by atoms with E-state index >= 15 is 0 Å². The number of hydrogen-bond donors (Lipinski definition) is 1. The molecule has 1 atom stereocenters. The molecule has 1 saturated heterocycles. The van der Waals surface area contributed by atoms with Gasteiger partial charge in [-0.05, 0) is 60.2 Å². The molecule has 3 heterocycles. The minimum absolute atomic E-state index is 0.105. The van der Waals surface area contributed by atoms with Gasteiger partial charge in [0.15, 0.2) is 0 Å². The van der Waals surface area contributed by atoms with Gasteiger partial charge in [0.05, 0.1) is 5.52 Å². The molecule has 0 bridgehead atoms. The molecule has 0 radical (unpaired) electrons. The number of carbonyl (C=O) groups excluding carboxylic acids is 3. The second-order valence-electron chi connectivity index (χ2n) is 8.82. The number of nitrogens with one attached hydrogen (secondary N) is 1. The van der Waals surface area contributed by atoms with Crippen molar-refractivity contribution in [3.63, 3.8) is 0 Å². The SMILES string of the molecule is C=C1CCC(N2Cc3cc(CCC(=O)Cc4ccc5ncccc5c4)ccc3C2=O)C(=O)N1. The van der Waals surface area contributed by atoms with Crippen molar-refractivity contribution in [3.8, 4) is 0 Å². The summed E-state index contributed by atoms with van der Waals surface area (Å²) in [4.78, 5) is 43.8. The van der Waals surface area contributed by atoms with Gasteiger partial charge in [-0.25, -0.2) is 0 Å². The number of Topliss-reactive ketones (excluding diaryl/α,β-unsaturated/α-hetero) is 1. The van der Waals surface area contributed by atoms with Gasteiger partial charge < -0.3 is 10.2 Å². The first-order valence-electron chi connectivity index (χ1n) is 11.2. The zero-order valence-corrected chi connectivity index (χ0v) is 18.3. The van der Waals surface area contributed by atoms with E-state index in [1.54, 1.807) is 11.1 Å². The Balaban J connectivity index is 1.21. The summed E-state index contributed by atoms with van der Waals surface area (Å²) in [7, 11) is 0. The number of carbonyl (C=O) groups is 3. The van der Waals surface area contributed by atoms with Gasteiger partial charge in [0, 0.05) is 42.2 Å². The molecule has 1 N–H and O–H groups in total. The molecule has 166 valence electrons. The lowest BCUT2D eigenvalue weighted by atomic mass is 9.99.